The van der Waals surface area contributed by atoms with Crippen LogP contribution in [0.3, 0.4) is 0 Å². The summed E-state index contributed by atoms with van der Waals surface area (Å²) in [6.45, 7) is 0.578. The maximum Gasteiger partial charge on any atom is 0.305 e. The van der Waals surface area contributed by atoms with Gasteiger partial charge in [0.1, 0.15) is 24.4 Å². The molecule has 0 radical (unpaired) electrons. The lowest BCUT2D eigenvalue weighted by atomic mass is 9.98. The second-order valence-corrected chi connectivity index (χ2v) is 6.96. The number of ether oxygens (including phenoxy) is 5. The van der Waals surface area contributed by atoms with E-state index >= 15 is 0 Å². The Bertz CT molecular complexity index is 607. The summed E-state index contributed by atoms with van der Waals surface area (Å²) >= 11 is 0. The lowest BCUT2D eigenvalue weighted by Crippen LogP contribution is -2.62. The van der Waals surface area contributed by atoms with E-state index in [9.17, 15) is 15.0 Å². The van der Waals surface area contributed by atoms with Crippen molar-refractivity contribution in [3.05, 3.63) is 35.9 Å². The van der Waals surface area contributed by atoms with E-state index in [4.69, 9.17) is 18.9 Å². The molecule has 0 bridgehead atoms. The average molecular weight is 396 g/mol. The molecule has 0 aromatic heterocycles. The third-order valence-electron chi connectivity index (χ3n) is 4.94. The summed E-state index contributed by atoms with van der Waals surface area (Å²) in [6, 6.07) is 9.42. The van der Waals surface area contributed by atoms with Gasteiger partial charge in [-0.05, 0) is 12.8 Å². The minimum absolute atomic E-state index is 0.229. The molecule has 1 aromatic rings. The summed E-state index contributed by atoms with van der Waals surface area (Å²) < 4.78 is 27.5. The molecule has 3 rings (SSSR count). The van der Waals surface area contributed by atoms with Crippen LogP contribution >= 0.6 is 0 Å². The van der Waals surface area contributed by atoms with Crippen LogP contribution in [0.4, 0.5) is 0 Å². The number of methoxy groups -OCH3 is 1. The van der Waals surface area contributed by atoms with Crippen molar-refractivity contribution in [3.8, 4) is 0 Å². The number of carbonyl (C=O) groups excluding carboxylic acids is 1. The molecule has 2 saturated heterocycles. The number of carbonyl (C=O) groups is 1. The number of aliphatic hydroxyl groups is 2. The highest BCUT2D eigenvalue weighted by atomic mass is 16.8. The zero-order valence-electron chi connectivity index (χ0n) is 15.9. The molecule has 28 heavy (non-hydrogen) atoms. The quantitative estimate of drug-likeness (QED) is 0.501. The molecule has 0 saturated carbocycles. The van der Waals surface area contributed by atoms with Gasteiger partial charge in [-0.25, -0.2) is 0 Å². The van der Waals surface area contributed by atoms with Crippen molar-refractivity contribution in [2.24, 2.45) is 0 Å². The zero-order valence-corrected chi connectivity index (χ0v) is 15.9. The second kappa shape index (κ2) is 10.3. The van der Waals surface area contributed by atoms with Gasteiger partial charge in [0, 0.05) is 18.6 Å². The lowest BCUT2D eigenvalue weighted by Gasteiger charge is -2.46. The Morgan fingerprint density at radius 2 is 1.89 bits per heavy atom. The minimum atomic E-state index is -1.22. The van der Waals surface area contributed by atoms with Gasteiger partial charge in [0.2, 0.25) is 0 Å². The summed E-state index contributed by atoms with van der Waals surface area (Å²) in [6.07, 6.45) is -2.56. The Morgan fingerprint density at radius 1 is 1.11 bits per heavy atom. The lowest BCUT2D eigenvalue weighted by molar-refractivity contribution is -0.361. The Kier molecular flexibility index (Phi) is 7.78. The molecule has 0 spiro atoms. The number of aliphatic hydroxyl groups excluding tert-OH is 2. The Hall–Kier alpha value is -1.55. The third-order valence-corrected chi connectivity index (χ3v) is 4.94. The maximum absolute atomic E-state index is 11.1. The highest BCUT2D eigenvalue weighted by Crippen LogP contribution is 2.34. The normalized spacial score (nSPS) is 32.5. The summed E-state index contributed by atoms with van der Waals surface area (Å²) in [5.74, 6) is -0.229. The van der Waals surface area contributed by atoms with E-state index in [1.807, 2.05) is 30.3 Å². The van der Waals surface area contributed by atoms with Crippen molar-refractivity contribution in [3.63, 3.8) is 0 Å². The topological polar surface area (TPSA) is 104 Å². The highest BCUT2D eigenvalue weighted by Gasteiger charge is 2.49. The smallest absolute Gasteiger partial charge is 0.305 e. The van der Waals surface area contributed by atoms with Gasteiger partial charge in [0.05, 0.1) is 13.7 Å². The number of hydrogen-bond acceptors (Lipinski definition) is 8. The number of benzene rings is 1. The molecule has 2 N–H and O–H groups in total. The molecule has 8 heteroatoms. The zero-order chi connectivity index (χ0) is 19.9. The summed E-state index contributed by atoms with van der Waals surface area (Å²) in [5.41, 5.74) is 0.841. The summed E-state index contributed by atoms with van der Waals surface area (Å²) in [5, 5.41) is 20.9. The molecule has 2 aliphatic rings. The van der Waals surface area contributed by atoms with Gasteiger partial charge in [-0.3, -0.25) is 4.79 Å². The van der Waals surface area contributed by atoms with E-state index in [1.165, 1.54) is 7.11 Å². The van der Waals surface area contributed by atoms with Crippen molar-refractivity contribution < 1.29 is 38.7 Å². The molecule has 156 valence electrons. The fraction of sp³-hybridized carbons (Fsp3) is 0.650. The van der Waals surface area contributed by atoms with Crippen LogP contribution in [0.1, 0.15) is 37.5 Å². The van der Waals surface area contributed by atoms with Crippen LogP contribution in [-0.2, 0) is 28.5 Å². The molecular formula is C20H28O8. The van der Waals surface area contributed by atoms with Crippen molar-refractivity contribution in [1.82, 2.24) is 0 Å². The number of esters is 1. The van der Waals surface area contributed by atoms with Gasteiger partial charge in [0.15, 0.2) is 12.6 Å². The monoisotopic (exact) mass is 396 g/mol. The highest BCUT2D eigenvalue weighted by molar-refractivity contribution is 5.68. The first-order valence-electron chi connectivity index (χ1n) is 9.62. The fourth-order valence-corrected chi connectivity index (χ4v) is 3.34. The third kappa shape index (κ3) is 5.28. The molecule has 2 aliphatic heterocycles. The van der Waals surface area contributed by atoms with Crippen molar-refractivity contribution in [1.29, 1.82) is 0 Å². The van der Waals surface area contributed by atoms with Crippen LogP contribution in [0.25, 0.3) is 0 Å². The molecule has 8 nitrogen and oxygen atoms in total. The van der Waals surface area contributed by atoms with Gasteiger partial charge in [-0.1, -0.05) is 36.8 Å². The first-order chi connectivity index (χ1) is 13.6. The van der Waals surface area contributed by atoms with Gasteiger partial charge in [-0.15, -0.1) is 0 Å². The molecule has 0 unspecified atom stereocenters. The number of fused-ring (bicyclic) bond motifs is 1. The molecule has 2 heterocycles. The van der Waals surface area contributed by atoms with Crippen LogP contribution in [-0.4, -0.2) is 67.2 Å². The van der Waals surface area contributed by atoms with Crippen LogP contribution in [0.5, 0.6) is 0 Å². The standard InChI is InChI=1S/C20H28O8/c1-24-15(21)10-6-3-7-11-25-20-17(23)16(22)18-14(27-20)12-26-19(28-18)13-8-4-2-5-9-13/h2,4-5,8-9,14,16-20,22-23H,3,6-7,10-12H2,1H3/t14-,16-,17-,18+,19+,20-/m1/s1. The summed E-state index contributed by atoms with van der Waals surface area (Å²) in [7, 11) is 1.37. The Balaban J connectivity index is 1.44. The van der Waals surface area contributed by atoms with Gasteiger partial charge in [-0.2, -0.15) is 0 Å². The molecule has 1 aromatic carbocycles. The van der Waals surface area contributed by atoms with Crippen molar-refractivity contribution in [2.45, 2.75) is 62.7 Å². The van der Waals surface area contributed by atoms with E-state index < -0.39 is 37.0 Å². The van der Waals surface area contributed by atoms with Gasteiger partial charge >= 0.3 is 5.97 Å². The van der Waals surface area contributed by atoms with E-state index in [2.05, 4.69) is 4.74 Å². The number of hydrogen-bond donors (Lipinski definition) is 2. The van der Waals surface area contributed by atoms with Gasteiger partial charge < -0.3 is 33.9 Å². The number of rotatable bonds is 8. The Morgan fingerprint density at radius 3 is 2.64 bits per heavy atom. The van der Waals surface area contributed by atoms with E-state index in [-0.39, 0.29) is 12.6 Å². The molecule has 0 aliphatic carbocycles. The SMILES string of the molecule is COC(=O)CCCCCO[C@@H]1O[C@@H]2CO[C@H](c3ccccc3)O[C@@H]2[C@H](O)[C@H]1O. The first kappa shape index (κ1) is 21.2. The predicted octanol–water partition coefficient (Wildman–Crippen LogP) is 1.30. The van der Waals surface area contributed by atoms with E-state index in [0.717, 1.165) is 12.0 Å². The van der Waals surface area contributed by atoms with Gasteiger partial charge in [0.25, 0.3) is 0 Å². The minimum Gasteiger partial charge on any atom is -0.469 e. The molecule has 2 fully saturated rings. The largest absolute Gasteiger partial charge is 0.469 e. The van der Waals surface area contributed by atoms with E-state index in [1.54, 1.807) is 0 Å². The number of unbranched alkanes of at least 4 members (excludes halogenated alkanes) is 2. The average Bonchev–Trinajstić information content (AvgIpc) is 2.74. The fourth-order valence-electron chi connectivity index (χ4n) is 3.34. The molecule has 0 amide bonds. The predicted molar refractivity (Wildman–Crippen MR) is 97.1 cm³/mol. The van der Waals surface area contributed by atoms with Crippen LogP contribution in [0.2, 0.25) is 0 Å². The van der Waals surface area contributed by atoms with Crippen LogP contribution in [0, 0.1) is 0 Å². The van der Waals surface area contributed by atoms with Crippen molar-refractivity contribution in [2.75, 3.05) is 20.3 Å². The van der Waals surface area contributed by atoms with E-state index in [0.29, 0.717) is 25.9 Å². The van der Waals surface area contributed by atoms with Crippen molar-refractivity contribution >= 4 is 5.97 Å². The Labute approximate surface area is 164 Å². The van der Waals surface area contributed by atoms with Crippen LogP contribution < -0.4 is 0 Å². The first-order valence-corrected chi connectivity index (χ1v) is 9.62. The molecular weight excluding hydrogens is 368 g/mol. The second-order valence-electron chi connectivity index (χ2n) is 6.96. The molecule has 6 atom stereocenters. The summed E-state index contributed by atoms with van der Waals surface area (Å²) in [4.78, 5) is 11.1. The van der Waals surface area contributed by atoms with Crippen LogP contribution in [0.15, 0.2) is 30.3 Å². The maximum atomic E-state index is 11.1.